The lowest BCUT2D eigenvalue weighted by Gasteiger charge is -2.19. The molecule has 7 nitrogen and oxygen atoms in total. The van der Waals surface area contributed by atoms with E-state index < -0.39 is 0 Å². The number of thiophene rings is 1. The van der Waals surface area contributed by atoms with Crippen LogP contribution in [0.5, 0.6) is 0 Å². The number of aliphatic hydroxyl groups is 2. The lowest BCUT2D eigenvalue weighted by atomic mass is 10.1. The molecule has 0 aliphatic rings. The average Bonchev–Trinajstić information content (AvgIpc) is 3.54. The van der Waals surface area contributed by atoms with E-state index in [2.05, 4.69) is 93.1 Å². The maximum absolute atomic E-state index is 9.11. The maximum atomic E-state index is 9.11. The van der Waals surface area contributed by atoms with E-state index in [4.69, 9.17) is 10.2 Å². The molecule has 39 heavy (non-hydrogen) atoms. The van der Waals surface area contributed by atoms with E-state index in [-0.39, 0.29) is 13.2 Å². The fourth-order valence-electron chi connectivity index (χ4n) is 4.91. The van der Waals surface area contributed by atoms with Crippen molar-refractivity contribution in [1.82, 2.24) is 20.2 Å². The van der Waals surface area contributed by atoms with Crippen LogP contribution in [0.25, 0.3) is 31.4 Å². The molecule has 5 N–H and O–H groups in total. The van der Waals surface area contributed by atoms with Gasteiger partial charge in [0, 0.05) is 53.0 Å². The molecule has 0 aliphatic carbocycles. The van der Waals surface area contributed by atoms with Crippen molar-refractivity contribution in [2.75, 3.05) is 44.7 Å². The Labute approximate surface area is 233 Å². The van der Waals surface area contributed by atoms with E-state index in [0.717, 1.165) is 59.9 Å². The van der Waals surface area contributed by atoms with E-state index in [1.54, 1.807) is 11.3 Å². The number of aromatic amines is 1. The number of hydrogen-bond acceptors (Lipinski definition) is 7. The maximum Gasteiger partial charge on any atom is 0.148 e. The Balaban J connectivity index is 1.17. The van der Waals surface area contributed by atoms with Crippen molar-refractivity contribution in [3.05, 3.63) is 78.1 Å². The van der Waals surface area contributed by atoms with Crippen LogP contribution in [0.4, 0.5) is 11.5 Å². The summed E-state index contributed by atoms with van der Waals surface area (Å²) in [5.74, 6) is 0.882. The van der Waals surface area contributed by atoms with Gasteiger partial charge < -0.3 is 25.8 Å². The Morgan fingerprint density at radius 3 is 2.51 bits per heavy atom. The summed E-state index contributed by atoms with van der Waals surface area (Å²) in [4.78, 5) is 11.4. The number of aromatic nitrogens is 2. The van der Waals surface area contributed by atoms with Gasteiger partial charge in [-0.05, 0) is 85.8 Å². The van der Waals surface area contributed by atoms with Gasteiger partial charge in [0.15, 0.2) is 0 Å². The predicted octanol–water partition coefficient (Wildman–Crippen LogP) is 5.65. The number of rotatable bonds is 14. The topological polar surface area (TPSA) is 96.4 Å². The molecule has 5 rings (SSSR count). The SMILES string of the molecule is Cc1cc2cc(Nc3nccc4cc(-c5ccc(CNCCCCN(CCO)CCO)cc5)sc34)ccc2[nH]1. The molecule has 0 saturated heterocycles. The fourth-order valence-corrected chi connectivity index (χ4v) is 6.02. The van der Waals surface area contributed by atoms with Gasteiger partial charge in [-0.15, -0.1) is 11.3 Å². The van der Waals surface area contributed by atoms with Crippen molar-refractivity contribution >= 4 is 43.8 Å². The van der Waals surface area contributed by atoms with Crippen molar-refractivity contribution in [3.8, 4) is 10.4 Å². The molecule has 0 bridgehead atoms. The van der Waals surface area contributed by atoms with Gasteiger partial charge in [-0.1, -0.05) is 24.3 Å². The van der Waals surface area contributed by atoms with E-state index >= 15 is 0 Å². The van der Waals surface area contributed by atoms with E-state index in [0.29, 0.717) is 13.1 Å². The molecule has 0 saturated carbocycles. The van der Waals surface area contributed by atoms with Crippen LogP contribution in [0, 0.1) is 6.92 Å². The molecule has 204 valence electrons. The molecule has 0 radical (unpaired) electrons. The van der Waals surface area contributed by atoms with Crippen molar-refractivity contribution in [1.29, 1.82) is 0 Å². The lowest BCUT2D eigenvalue weighted by Crippen LogP contribution is -2.31. The van der Waals surface area contributed by atoms with Crippen LogP contribution in [-0.4, -0.2) is 64.5 Å². The van der Waals surface area contributed by atoms with Gasteiger partial charge >= 0.3 is 0 Å². The van der Waals surface area contributed by atoms with Crippen LogP contribution in [0.1, 0.15) is 24.1 Å². The summed E-state index contributed by atoms with van der Waals surface area (Å²) in [6, 6.07) is 21.6. The number of anilines is 2. The van der Waals surface area contributed by atoms with Crippen molar-refractivity contribution in [2.24, 2.45) is 0 Å². The minimum absolute atomic E-state index is 0.135. The first-order valence-corrected chi connectivity index (χ1v) is 14.4. The van der Waals surface area contributed by atoms with E-state index in [1.807, 2.05) is 6.20 Å². The molecular weight excluding hydrogens is 506 g/mol. The van der Waals surface area contributed by atoms with Crippen LogP contribution in [0.15, 0.2) is 66.9 Å². The second-order valence-corrected chi connectivity index (χ2v) is 11.0. The second-order valence-electron chi connectivity index (χ2n) is 9.94. The monoisotopic (exact) mass is 543 g/mol. The smallest absolute Gasteiger partial charge is 0.148 e. The number of aliphatic hydroxyl groups excluding tert-OH is 2. The number of unbranched alkanes of at least 4 members (excludes halogenated alkanes) is 1. The summed E-state index contributed by atoms with van der Waals surface area (Å²) < 4.78 is 1.15. The molecule has 0 spiro atoms. The molecule has 8 heteroatoms. The average molecular weight is 544 g/mol. The molecule has 0 fully saturated rings. The largest absolute Gasteiger partial charge is 0.395 e. The van der Waals surface area contributed by atoms with Crippen molar-refractivity contribution in [3.63, 3.8) is 0 Å². The van der Waals surface area contributed by atoms with Crippen LogP contribution >= 0.6 is 11.3 Å². The highest BCUT2D eigenvalue weighted by Crippen LogP contribution is 2.37. The Morgan fingerprint density at radius 1 is 0.897 bits per heavy atom. The zero-order valence-electron chi connectivity index (χ0n) is 22.4. The van der Waals surface area contributed by atoms with Crippen LogP contribution in [-0.2, 0) is 6.54 Å². The first-order valence-electron chi connectivity index (χ1n) is 13.6. The van der Waals surface area contributed by atoms with E-state index in [9.17, 15) is 0 Å². The van der Waals surface area contributed by atoms with Gasteiger partial charge in [0.2, 0.25) is 0 Å². The number of H-pyrrole nitrogens is 1. The Kier molecular flexibility index (Phi) is 9.23. The zero-order valence-corrected chi connectivity index (χ0v) is 23.2. The molecule has 0 atom stereocenters. The van der Waals surface area contributed by atoms with Gasteiger partial charge in [-0.2, -0.15) is 0 Å². The first-order chi connectivity index (χ1) is 19.1. The molecule has 0 unspecified atom stereocenters. The predicted molar refractivity (Wildman–Crippen MR) is 163 cm³/mol. The molecule has 2 aromatic carbocycles. The highest BCUT2D eigenvalue weighted by molar-refractivity contribution is 7.22. The minimum Gasteiger partial charge on any atom is -0.395 e. The Bertz CT molecular complexity index is 1490. The number of pyridine rings is 1. The van der Waals surface area contributed by atoms with Crippen LogP contribution < -0.4 is 10.6 Å². The Morgan fingerprint density at radius 2 is 1.72 bits per heavy atom. The van der Waals surface area contributed by atoms with Crippen LogP contribution in [0.2, 0.25) is 0 Å². The summed E-state index contributed by atoms with van der Waals surface area (Å²) in [5, 5.41) is 27.7. The normalized spacial score (nSPS) is 11.7. The molecule has 5 aromatic rings. The number of hydrogen-bond donors (Lipinski definition) is 5. The number of aryl methyl sites for hydroxylation is 1. The van der Waals surface area contributed by atoms with Gasteiger partial charge in [0.05, 0.1) is 17.9 Å². The van der Waals surface area contributed by atoms with Gasteiger partial charge in [-0.25, -0.2) is 4.98 Å². The summed E-state index contributed by atoms with van der Waals surface area (Å²) >= 11 is 1.76. The number of fused-ring (bicyclic) bond motifs is 2. The third-order valence-corrected chi connectivity index (χ3v) is 8.14. The molecule has 0 aliphatic heterocycles. The van der Waals surface area contributed by atoms with Gasteiger partial charge in [-0.3, -0.25) is 4.90 Å². The lowest BCUT2D eigenvalue weighted by molar-refractivity contribution is 0.159. The van der Waals surface area contributed by atoms with Crippen molar-refractivity contribution < 1.29 is 10.2 Å². The highest BCUT2D eigenvalue weighted by atomic mass is 32.1. The quantitative estimate of drug-likeness (QED) is 0.116. The molecule has 3 aromatic heterocycles. The highest BCUT2D eigenvalue weighted by Gasteiger charge is 2.10. The molecule has 3 heterocycles. The third-order valence-electron chi connectivity index (χ3n) is 6.93. The van der Waals surface area contributed by atoms with Gasteiger partial charge in [0.25, 0.3) is 0 Å². The first kappa shape index (κ1) is 27.3. The van der Waals surface area contributed by atoms with Crippen molar-refractivity contribution in [2.45, 2.75) is 26.3 Å². The van der Waals surface area contributed by atoms with E-state index in [1.165, 1.54) is 26.8 Å². The fraction of sp³-hybridized carbons (Fsp3) is 0.323. The van der Waals surface area contributed by atoms with Gasteiger partial charge in [0.1, 0.15) is 5.82 Å². The summed E-state index contributed by atoms with van der Waals surface area (Å²) in [7, 11) is 0. The summed E-state index contributed by atoms with van der Waals surface area (Å²) in [6.07, 6.45) is 3.98. The number of nitrogens with zero attached hydrogens (tertiary/aromatic N) is 2. The summed E-state index contributed by atoms with van der Waals surface area (Å²) in [6.45, 7) is 6.28. The summed E-state index contributed by atoms with van der Waals surface area (Å²) in [5.41, 5.74) is 5.80. The zero-order chi connectivity index (χ0) is 27.0. The number of nitrogens with one attached hydrogen (secondary N) is 3. The number of benzene rings is 2. The molecular formula is C31H37N5O2S. The minimum atomic E-state index is 0.135. The second kappa shape index (κ2) is 13.2. The Hall–Kier alpha value is -3.27. The molecule has 0 amide bonds. The third kappa shape index (κ3) is 7.03. The standard InChI is InChI=1S/C31H37N5O2S/c1-22-18-26-19-27(8-9-28(26)34-22)35-31-30-25(10-12-33-31)20-29(39-30)24-6-4-23(5-7-24)21-32-11-2-3-13-36(14-16-37)15-17-38/h4-10,12,18-20,32,34,37-38H,2-3,11,13-17,21H2,1H3,(H,33,35). The van der Waals surface area contributed by atoms with Crippen LogP contribution in [0.3, 0.4) is 0 Å².